The Balaban J connectivity index is 2.59. The van der Waals surface area contributed by atoms with Crippen LogP contribution in [0.5, 0.6) is 0 Å². The molecule has 0 radical (unpaired) electrons. The van der Waals surface area contributed by atoms with Crippen molar-refractivity contribution in [1.29, 1.82) is 0 Å². The third-order valence-electron chi connectivity index (χ3n) is 2.02. The average Bonchev–Trinajstić information content (AvgIpc) is 2.10. The van der Waals surface area contributed by atoms with Crippen molar-refractivity contribution in [1.82, 2.24) is 0 Å². The quantitative estimate of drug-likeness (QED) is 0.543. The SMILES string of the molecule is O=CC1CCCS(=O)(=O)CC1. The summed E-state index contributed by atoms with van der Waals surface area (Å²) < 4.78 is 22.0. The molecule has 0 aromatic heterocycles. The number of carbonyl (C=O) groups is 1. The van der Waals surface area contributed by atoms with E-state index in [-0.39, 0.29) is 17.4 Å². The van der Waals surface area contributed by atoms with E-state index in [4.69, 9.17) is 0 Å². The lowest BCUT2D eigenvalue weighted by atomic mass is 10.0. The topological polar surface area (TPSA) is 51.2 Å². The zero-order chi connectivity index (χ0) is 8.32. The number of carbonyl (C=O) groups excluding carboxylic acids is 1. The molecule has 0 aromatic carbocycles. The van der Waals surface area contributed by atoms with E-state index in [1.807, 2.05) is 0 Å². The van der Waals surface area contributed by atoms with Gasteiger partial charge >= 0.3 is 0 Å². The lowest BCUT2D eigenvalue weighted by molar-refractivity contribution is -0.111. The van der Waals surface area contributed by atoms with E-state index in [2.05, 4.69) is 0 Å². The molecule has 1 heterocycles. The first-order chi connectivity index (χ1) is 5.14. The van der Waals surface area contributed by atoms with Gasteiger partial charge in [-0.15, -0.1) is 0 Å². The van der Waals surface area contributed by atoms with Crippen molar-refractivity contribution in [3.05, 3.63) is 0 Å². The van der Waals surface area contributed by atoms with E-state index in [0.717, 1.165) is 12.7 Å². The second kappa shape index (κ2) is 3.34. The van der Waals surface area contributed by atoms with Gasteiger partial charge in [0.15, 0.2) is 0 Å². The van der Waals surface area contributed by atoms with Crippen LogP contribution in [-0.2, 0) is 14.6 Å². The van der Waals surface area contributed by atoms with Gasteiger partial charge in [0, 0.05) is 5.92 Å². The minimum atomic E-state index is -2.82. The highest BCUT2D eigenvalue weighted by Crippen LogP contribution is 2.16. The van der Waals surface area contributed by atoms with Gasteiger partial charge in [0.25, 0.3) is 0 Å². The molecule has 64 valence electrons. The standard InChI is InChI=1S/C7H12O3S/c8-6-7-2-1-4-11(9,10)5-3-7/h6-7H,1-5H2. The fraction of sp³-hybridized carbons (Fsp3) is 0.857. The summed E-state index contributed by atoms with van der Waals surface area (Å²) >= 11 is 0. The summed E-state index contributed by atoms with van der Waals surface area (Å²) in [4.78, 5) is 10.3. The maximum absolute atomic E-state index is 11.0. The van der Waals surface area contributed by atoms with Gasteiger partial charge in [-0.2, -0.15) is 0 Å². The van der Waals surface area contributed by atoms with Crippen LogP contribution < -0.4 is 0 Å². The molecule has 0 spiro atoms. The highest BCUT2D eigenvalue weighted by molar-refractivity contribution is 7.91. The fourth-order valence-electron chi connectivity index (χ4n) is 1.28. The van der Waals surface area contributed by atoms with Crippen molar-refractivity contribution in [3.8, 4) is 0 Å². The van der Waals surface area contributed by atoms with Crippen LogP contribution in [0.2, 0.25) is 0 Å². The van der Waals surface area contributed by atoms with Crippen molar-refractivity contribution in [2.45, 2.75) is 19.3 Å². The number of hydrogen-bond acceptors (Lipinski definition) is 3. The second-order valence-electron chi connectivity index (χ2n) is 2.98. The summed E-state index contributed by atoms with van der Waals surface area (Å²) in [5.74, 6) is 0.431. The molecule has 1 aliphatic heterocycles. The van der Waals surface area contributed by atoms with Crippen molar-refractivity contribution in [3.63, 3.8) is 0 Å². The maximum Gasteiger partial charge on any atom is 0.150 e. The Morgan fingerprint density at radius 2 is 1.91 bits per heavy atom. The lowest BCUT2D eigenvalue weighted by Crippen LogP contribution is -2.09. The van der Waals surface area contributed by atoms with Crippen LogP contribution in [0.1, 0.15) is 19.3 Å². The molecule has 0 aromatic rings. The molecule has 3 nitrogen and oxygen atoms in total. The van der Waals surface area contributed by atoms with Crippen LogP contribution >= 0.6 is 0 Å². The van der Waals surface area contributed by atoms with Crippen LogP contribution in [0.25, 0.3) is 0 Å². The van der Waals surface area contributed by atoms with Crippen molar-refractivity contribution in [2.24, 2.45) is 5.92 Å². The third kappa shape index (κ3) is 2.61. The molecule has 0 saturated carbocycles. The number of sulfone groups is 1. The predicted molar refractivity (Wildman–Crippen MR) is 42.1 cm³/mol. The van der Waals surface area contributed by atoms with Crippen LogP contribution in [-0.4, -0.2) is 26.2 Å². The summed E-state index contributed by atoms with van der Waals surface area (Å²) in [6, 6.07) is 0. The predicted octanol–water partition coefficient (Wildman–Crippen LogP) is 0.400. The van der Waals surface area contributed by atoms with E-state index in [1.54, 1.807) is 0 Å². The number of hydrogen-bond donors (Lipinski definition) is 0. The van der Waals surface area contributed by atoms with E-state index in [1.165, 1.54) is 0 Å². The Kier molecular flexibility index (Phi) is 2.65. The van der Waals surface area contributed by atoms with Crippen molar-refractivity contribution < 1.29 is 13.2 Å². The molecule has 0 N–H and O–H groups in total. The normalized spacial score (nSPS) is 30.7. The molecular formula is C7H12O3S. The Hall–Kier alpha value is -0.380. The van der Waals surface area contributed by atoms with Crippen LogP contribution in [0, 0.1) is 5.92 Å². The number of rotatable bonds is 1. The van der Waals surface area contributed by atoms with Crippen LogP contribution in [0.15, 0.2) is 0 Å². The Bertz CT molecular complexity index is 230. The summed E-state index contributed by atoms with van der Waals surface area (Å²) in [6.07, 6.45) is 2.78. The average molecular weight is 176 g/mol. The van der Waals surface area contributed by atoms with Gasteiger partial charge in [-0.1, -0.05) is 0 Å². The zero-order valence-electron chi connectivity index (χ0n) is 6.32. The second-order valence-corrected chi connectivity index (χ2v) is 5.28. The highest BCUT2D eigenvalue weighted by Gasteiger charge is 2.19. The van der Waals surface area contributed by atoms with E-state index < -0.39 is 9.84 Å². The van der Waals surface area contributed by atoms with Crippen molar-refractivity contribution >= 4 is 16.1 Å². The molecule has 1 saturated heterocycles. The van der Waals surface area contributed by atoms with Gasteiger partial charge in [0.1, 0.15) is 16.1 Å². The Morgan fingerprint density at radius 1 is 1.18 bits per heavy atom. The first-order valence-electron chi connectivity index (χ1n) is 3.80. The van der Waals surface area contributed by atoms with Gasteiger partial charge in [-0.25, -0.2) is 8.42 Å². The summed E-state index contributed by atoms with van der Waals surface area (Å²) in [5.41, 5.74) is 0. The molecule has 0 amide bonds. The number of aldehydes is 1. The minimum Gasteiger partial charge on any atom is -0.303 e. The Morgan fingerprint density at radius 3 is 2.55 bits per heavy atom. The van der Waals surface area contributed by atoms with Gasteiger partial charge in [-0.05, 0) is 19.3 Å². The Labute approximate surface area is 66.7 Å². The molecule has 1 rings (SSSR count). The maximum atomic E-state index is 11.0. The molecule has 1 atom stereocenters. The van der Waals surface area contributed by atoms with Gasteiger partial charge in [0.2, 0.25) is 0 Å². The molecule has 0 bridgehead atoms. The van der Waals surface area contributed by atoms with Crippen LogP contribution in [0.4, 0.5) is 0 Å². The lowest BCUT2D eigenvalue weighted by Gasteiger charge is -2.00. The van der Waals surface area contributed by atoms with Gasteiger partial charge in [-0.3, -0.25) is 0 Å². The van der Waals surface area contributed by atoms with Gasteiger partial charge in [0.05, 0.1) is 11.5 Å². The smallest absolute Gasteiger partial charge is 0.150 e. The summed E-state index contributed by atoms with van der Waals surface area (Å²) in [7, 11) is -2.82. The van der Waals surface area contributed by atoms with Crippen molar-refractivity contribution in [2.75, 3.05) is 11.5 Å². The molecule has 1 unspecified atom stereocenters. The first-order valence-corrected chi connectivity index (χ1v) is 5.62. The molecule has 4 heteroatoms. The molecule has 1 aliphatic rings. The summed E-state index contributed by atoms with van der Waals surface area (Å²) in [5, 5.41) is 0. The summed E-state index contributed by atoms with van der Waals surface area (Å²) in [6.45, 7) is 0. The fourth-order valence-corrected chi connectivity index (χ4v) is 2.75. The molecule has 11 heavy (non-hydrogen) atoms. The zero-order valence-corrected chi connectivity index (χ0v) is 7.14. The van der Waals surface area contributed by atoms with E-state index >= 15 is 0 Å². The molecule has 0 aliphatic carbocycles. The molecular weight excluding hydrogens is 164 g/mol. The third-order valence-corrected chi connectivity index (χ3v) is 3.79. The highest BCUT2D eigenvalue weighted by atomic mass is 32.2. The van der Waals surface area contributed by atoms with Gasteiger partial charge < -0.3 is 4.79 Å². The van der Waals surface area contributed by atoms with E-state index in [9.17, 15) is 13.2 Å². The first kappa shape index (κ1) is 8.71. The monoisotopic (exact) mass is 176 g/mol. The largest absolute Gasteiger partial charge is 0.303 e. The van der Waals surface area contributed by atoms with Crippen LogP contribution in [0.3, 0.4) is 0 Å². The minimum absolute atomic E-state index is 0.0210. The molecule has 1 fully saturated rings. The van der Waals surface area contributed by atoms with E-state index in [0.29, 0.717) is 12.8 Å².